The number of nitrogens with zero attached hydrogens (tertiary/aromatic N) is 2. The fourth-order valence-electron chi connectivity index (χ4n) is 5.56. The maximum Gasteiger partial charge on any atom is 0.291 e. The van der Waals surface area contributed by atoms with Crippen LogP contribution in [0.1, 0.15) is 39.2 Å². The van der Waals surface area contributed by atoms with Crippen LogP contribution >= 0.6 is 0 Å². The monoisotopic (exact) mass is 498 g/mol. The van der Waals surface area contributed by atoms with Crippen LogP contribution in [0.4, 0.5) is 10.1 Å². The van der Waals surface area contributed by atoms with Gasteiger partial charge in [0.2, 0.25) is 5.76 Å². The summed E-state index contributed by atoms with van der Waals surface area (Å²) in [5.74, 6) is -1.60. The number of aliphatic hydroxyl groups is 1. The van der Waals surface area contributed by atoms with Gasteiger partial charge in [-0.3, -0.25) is 14.4 Å². The highest BCUT2D eigenvalue weighted by Crippen LogP contribution is 2.52. The molecule has 0 saturated heterocycles. The zero-order valence-corrected chi connectivity index (χ0v) is 20.0. The molecule has 1 aromatic heterocycles. The van der Waals surface area contributed by atoms with Crippen molar-refractivity contribution in [3.05, 3.63) is 111 Å². The van der Waals surface area contributed by atoms with Gasteiger partial charge >= 0.3 is 0 Å². The van der Waals surface area contributed by atoms with Crippen molar-refractivity contribution in [3.63, 3.8) is 0 Å². The van der Waals surface area contributed by atoms with Crippen molar-refractivity contribution < 1.29 is 23.5 Å². The molecule has 6 rings (SSSR count). The van der Waals surface area contributed by atoms with E-state index in [2.05, 4.69) is 0 Å². The Labute approximate surface area is 211 Å². The maximum atomic E-state index is 14.5. The summed E-state index contributed by atoms with van der Waals surface area (Å²) in [4.78, 5) is 45.2. The third kappa shape index (κ3) is 3.18. The third-order valence-electron chi connectivity index (χ3n) is 7.18. The third-order valence-corrected chi connectivity index (χ3v) is 7.18. The zero-order valence-electron chi connectivity index (χ0n) is 20.0. The van der Waals surface area contributed by atoms with Crippen LogP contribution in [0.15, 0.2) is 75.9 Å². The lowest BCUT2D eigenvalue weighted by molar-refractivity contribution is -0.126. The molecule has 2 aliphatic heterocycles. The molecule has 3 heterocycles. The molecule has 2 aliphatic rings. The van der Waals surface area contributed by atoms with E-state index in [-0.39, 0.29) is 48.4 Å². The summed E-state index contributed by atoms with van der Waals surface area (Å²) in [7, 11) is 0. The molecular weight excluding hydrogens is 475 g/mol. The minimum absolute atomic E-state index is 0.00686. The van der Waals surface area contributed by atoms with Crippen molar-refractivity contribution in [1.82, 2.24) is 4.90 Å². The first kappa shape index (κ1) is 23.1. The Balaban J connectivity index is 1.64. The number of halogens is 1. The smallest absolute Gasteiger partial charge is 0.291 e. The lowest BCUT2D eigenvalue weighted by atomic mass is 9.84. The van der Waals surface area contributed by atoms with Crippen LogP contribution in [-0.4, -0.2) is 35.0 Å². The quantitative estimate of drug-likeness (QED) is 0.451. The fourth-order valence-corrected chi connectivity index (χ4v) is 5.56. The van der Waals surface area contributed by atoms with Gasteiger partial charge in [-0.25, -0.2) is 4.39 Å². The van der Waals surface area contributed by atoms with Gasteiger partial charge < -0.3 is 19.3 Å². The van der Waals surface area contributed by atoms with Gasteiger partial charge in [0.25, 0.3) is 11.8 Å². The molecular formula is C29H23FN2O5. The van der Waals surface area contributed by atoms with Crippen LogP contribution in [0.3, 0.4) is 0 Å². The van der Waals surface area contributed by atoms with Gasteiger partial charge in [0.05, 0.1) is 23.2 Å². The second kappa shape index (κ2) is 8.38. The second-order valence-electron chi connectivity index (χ2n) is 9.41. The average molecular weight is 499 g/mol. The number of fused-ring (bicyclic) bond motifs is 5. The number of benzene rings is 3. The largest absolute Gasteiger partial charge is 0.450 e. The van der Waals surface area contributed by atoms with Crippen LogP contribution in [0, 0.1) is 12.7 Å². The molecule has 1 spiro atoms. The number of carbonyl (C=O) groups excluding carboxylic acids is 2. The summed E-state index contributed by atoms with van der Waals surface area (Å²) in [5, 5.41) is 9.87. The number of aryl methyl sites for hydroxylation is 1. The molecule has 0 bridgehead atoms. The topological polar surface area (TPSA) is 91.1 Å². The van der Waals surface area contributed by atoms with E-state index in [1.165, 1.54) is 21.9 Å². The first-order valence-corrected chi connectivity index (χ1v) is 12.0. The Morgan fingerprint density at radius 2 is 1.76 bits per heavy atom. The van der Waals surface area contributed by atoms with Crippen LogP contribution in [0.25, 0.3) is 11.0 Å². The number of amides is 2. The van der Waals surface area contributed by atoms with Gasteiger partial charge in [-0.1, -0.05) is 42.0 Å². The van der Waals surface area contributed by atoms with E-state index < -0.39 is 28.6 Å². The fraction of sp³-hybridized carbons (Fsp3) is 0.207. The molecule has 1 unspecified atom stereocenters. The number of para-hydroxylation sites is 1. The van der Waals surface area contributed by atoms with Gasteiger partial charge in [0, 0.05) is 18.7 Å². The second-order valence-corrected chi connectivity index (χ2v) is 9.41. The SMILES string of the molecule is Cc1ccc2oc3c(c(=O)c2c1)C1(C(=O)N(Cc2ccc(F)cc2)c2ccccc21)N(CCCO)C3=O. The highest BCUT2D eigenvalue weighted by molar-refractivity contribution is 6.17. The van der Waals surface area contributed by atoms with Crippen LogP contribution in [0.5, 0.6) is 0 Å². The highest BCUT2D eigenvalue weighted by Gasteiger charge is 2.64. The van der Waals surface area contributed by atoms with Crippen molar-refractivity contribution in [1.29, 1.82) is 0 Å². The van der Waals surface area contributed by atoms with E-state index in [9.17, 15) is 23.9 Å². The molecule has 0 radical (unpaired) electrons. The predicted molar refractivity (Wildman–Crippen MR) is 135 cm³/mol. The first-order chi connectivity index (χ1) is 17.9. The summed E-state index contributed by atoms with van der Waals surface area (Å²) in [6.45, 7) is 1.81. The molecule has 8 heteroatoms. The van der Waals surface area contributed by atoms with E-state index in [0.29, 0.717) is 16.8 Å². The van der Waals surface area contributed by atoms with E-state index in [0.717, 1.165) is 5.56 Å². The zero-order chi connectivity index (χ0) is 25.9. The number of hydrogen-bond acceptors (Lipinski definition) is 5. The molecule has 7 nitrogen and oxygen atoms in total. The van der Waals surface area contributed by atoms with Crippen LogP contribution in [-0.2, 0) is 16.9 Å². The van der Waals surface area contributed by atoms with Gasteiger partial charge in [0.15, 0.2) is 11.0 Å². The molecule has 0 aliphatic carbocycles. The van der Waals surface area contributed by atoms with Crippen molar-refractivity contribution in [2.24, 2.45) is 0 Å². The Morgan fingerprint density at radius 3 is 2.51 bits per heavy atom. The molecule has 2 amide bonds. The summed E-state index contributed by atoms with van der Waals surface area (Å²) >= 11 is 0. The number of anilines is 1. The maximum absolute atomic E-state index is 14.5. The molecule has 0 saturated carbocycles. The number of rotatable bonds is 5. The summed E-state index contributed by atoms with van der Waals surface area (Å²) in [6.07, 6.45) is 0.210. The Morgan fingerprint density at radius 1 is 1.00 bits per heavy atom. The number of aliphatic hydroxyl groups excluding tert-OH is 1. The summed E-state index contributed by atoms with van der Waals surface area (Å²) in [5.41, 5.74) is 0.654. The Bertz CT molecular complexity index is 1640. The minimum atomic E-state index is -1.74. The minimum Gasteiger partial charge on any atom is -0.450 e. The van der Waals surface area contributed by atoms with Crippen molar-refractivity contribution in [3.8, 4) is 0 Å². The van der Waals surface area contributed by atoms with Crippen LogP contribution in [0.2, 0.25) is 0 Å². The van der Waals surface area contributed by atoms with E-state index in [1.807, 2.05) is 6.92 Å². The number of carbonyl (C=O) groups is 2. The standard InChI is InChI=1S/C29H23FN2O5/c1-17-7-12-23-20(15-17)25(34)24-26(37-23)27(35)32(13-4-14-33)29(24)21-5-2-3-6-22(21)31(28(29)36)16-18-8-10-19(30)11-9-18/h2-3,5-12,15,33H,4,13-14,16H2,1H3. The lowest BCUT2D eigenvalue weighted by Crippen LogP contribution is -2.53. The summed E-state index contributed by atoms with van der Waals surface area (Å²) < 4.78 is 19.6. The highest BCUT2D eigenvalue weighted by atomic mass is 19.1. The van der Waals surface area contributed by atoms with Gasteiger partial charge in [0.1, 0.15) is 11.4 Å². The normalized spacial score (nSPS) is 18.2. The molecule has 1 N–H and O–H groups in total. The van der Waals surface area contributed by atoms with E-state index in [1.54, 1.807) is 54.6 Å². The van der Waals surface area contributed by atoms with Crippen molar-refractivity contribution in [2.75, 3.05) is 18.1 Å². The number of hydrogen-bond donors (Lipinski definition) is 1. The van der Waals surface area contributed by atoms with E-state index in [4.69, 9.17) is 4.42 Å². The van der Waals surface area contributed by atoms with Gasteiger partial charge in [-0.15, -0.1) is 0 Å². The molecule has 1 atom stereocenters. The predicted octanol–water partition coefficient (Wildman–Crippen LogP) is 3.87. The average Bonchev–Trinajstić information content (AvgIpc) is 3.29. The summed E-state index contributed by atoms with van der Waals surface area (Å²) in [6, 6.07) is 18.0. The van der Waals surface area contributed by atoms with Crippen molar-refractivity contribution in [2.45, 2.75) is 25.4 Å². The van der Waals surface area contributed by atoms with Gasteiger partial charge in [-0.05, 0) is 49.2 Å². The molecule has 37 heavy (non-hydrogen) atoms. The van der Waals surface area contributed by atoms with Gasteiger partial charge in [-0.2, -0.15) is 0 Å². The Kier molecular flexibility index (Phi) is 5.24. The lowest BCUT2D eigenvalue weighted by Gasteiger charge is -2.34. The molecule has 0 fully saturated rings. The molecule has 186 valence electrons. The Hall–Kier alpha value is -4.30. The first-order valence-electron chi connectivity index (χ1n) is 12.0. The molecule has 4 aromatic rings. The van der Waals surface area contributed by atoms with E-state index >= 15 is 0 Å². The molecule has 3 aromatic carbocycles. The van der Waals surface area contributed by atoms with Crippen LogP contribution < -0.4 is 10.3 Å². The van der Waals surface area contributed by atoms with Crippen molar-refractivity contribution >= 4 is 28.5 Å².